The highest BCUT2D eigenvalue weighted by atomic mass is 79.9. The van der Waals surface area contributed by atoms with Crippen LogP contribution >= 0.6 is 15.9 Å². The summed E-state index contributed by atoms with van der Waals surface area (Å²) in [6.07, 6.45) is 1.56. The van der Waals surface area contributed by atoms with E-state index >= 15 is 0 Å². The summed E-state index contributed by atoms with van der Waals surface area (Å²) < 4.78 is 11.3. The van der Waals surface area contributed by atoms with Gasteiger partial charge in [-0.1, -0.05) is 21.1 Å². The maximum Gasteiger partial charge on any atom is 0.246 e. The van der Waals surface area contributed by atoms with Crippen molar-refractivity contribution in [2.24, 2.45) is 0 Å². The van der Waals surface area contributed by atoms with E-state index in [2.05, 4.69) is 31.1 Å². The van der Waals surface area contributed by atoms with Crippen LogP contribution in [-0.2, 0) is 11.3 Å². The third-order valence-electron chi connectivity index (χ3n) is 2.67. The smallest absolute Gasteiger partial charge is 0.246 e. The van der Waals surface area contributed by atoms with Crippen LogP contribution in [0.15, 0.2) is 27.3 Å². The van der Waals surface area contributed by atoms with E-state index in [1.54, 1.807) is 13.3 Å². The van der Waals surface area contributed by atoms with Gasteiger partial charge in [0.1, 0.15) is 11.9 Å². The lowest BCUT2D eigenvalue weighted by Gasteiger charge is -2.15. The van der Waals surface area contributed by atoms with Gasteiger partial charge < -0.3 is 14.2 Å². The Hall–Kier alpha value is -1.47. The van der Waals surface area contributed by atoms with E-state index in [1.165, 1.54) is 0 Å². The molecule has 0 N–H and O–H groups in total. The fourth-order valence-electron chi connectivity index (χ4n) is 1.49. The zero-order valence-corrected chi connectivity index (χ0v) is 12.6. The highest BCUT2D eigenvalue weighted by molar-refractivity contribution is 9.10. The fourth-order valence-corrected chi connectivity index (χ4v) is 1.81. The molecule has 2 heterocycles. The van der Waals surface area contributed by atoms with Crippen LogP contribution in [-0.4, -0.2) is 29.3 Å². The summed E-state index contributed by atoms with van der Waals surface area (Å²) in [6, 6.07) is 3.80. The van der Waals surface area contributed by atoms with E-state index in [0.29, 0.717) is 18.3 Å². The van der Waals surface area contributed by atoms with Gasteiger partial charge in [-0.3, -0.25) is 0 Å². The number of rotatable bonds is 5. The predicted molar refractivity (Wildman–Crippen MR) is 73.8 cm³/mol. The van der Waals surface area contributed by atoms with Crippen LogP contribution in [0.5, 0.6) is 0 Å². The van der Waals surface area contributed by atoms with Crippen LogP contribution in [0.3, 0.4) is 0 Å². The Morgan fingerprint density at radius 3 is 3.00 bits per heavy atom. The van der Waals surface area contributed by atoms with Gasteiger partial charge >= 0.3 is 0 Å². The first-order valence-corrected chi connectivity index (χ1v) is 6.57. The van der Waals surface area contributed by atoms with E-state index in [9.17, 15) is 0 Å². The minimum atomic E-state index is -0.174. The van der Waals surface area contributed by atoms with E-state index in [1.807, 2.05) is 31.0 Å². The Kier molecular flexibility index (Phi) is 4.49. The van der Waals surface area contributed by atoms with E-state index in [-0.39, 0.29) is 6.10 Å². The second-order valence-electron chi connectivity index (χ2n) is 4.11. The summed E-state index contributed by atoms with van der Waals surface area (Å²) in [5, 5.41) is 3.88. The molecule has 19 heavy (non-hydrogen) atoms. The molecule has 2 aromatic rings. The Balaban J connectivity index is 2.06. The van der Waals surface area contributed by atoms with Crippen molar-refractivity contribution in [3.05, 3.63) is 34.5 Å². The quantitative estimate of drug-likeness (QED) is 0.841. The first-order chi connectivity index (χ1) is 9.10. The van der Waals surface area contributed by atoms with Crippen LogP contribution < -0.4 is 4.90 Å². The molecule has 102 valence electrons. The Morgan fingerprint density at radius 2 is 2.32 bits per heavy atom. The molecule has 0 amide bonds. The molecule has 0 spiro atoms. The topological polar surface area (TPSA) is 64.3 Å². The largest absolute Gasteiger partial charge is 0.374 e. The number of pyridine rings is 1. The molecule has 2 aromatic heterocycles. The minimum Gasteiger partial charge on any atom is -0.374 e. The molecule has 0 saturated carbocycles. The first kappa shape index (κ1) is 14.0. The number of methoxy groups -OCH3 is 1. The van der Waals surface area contributed by atoms with Crippen LogP contribution in [0, 0.1) is 0 Å². The number of aromatic nitrogens is 3. The molecule has 7 heteroatoms. The molecule has 0 radical (unpaired) electrons. The monoisotopic (exact) mass is 326 g/mol. The van der Waals surface area contributed by atoms with Crippen LogP contribution in [0.25, 0.3) is 0 Å². The van der Waals surface area contributed by atoms with Crippen molar-refractivity contribution in [2.75, 3.05) is 19.1 Å². The highest BCUT2D eigenvalue weighted by Gasteiger charge is 2.14. The molecule has 1 unspecified atom stereocenters. The average Bonchev–Trinajstić information content (AvgIpc) is 2.86. The zero-order valence-electron chi connectivity index (χ0n) is 11.0. The van der Waals surface area contributed by atoms with Crippen molar-refractivity contribution in [1.82, 2.24) is 15.1 Å². The van der Waals surface area contributed by atoms with Crippen molar-refractivity contribution < 1.29 is 9.26 Å². The molecule has 0 aliphatic rings. The molecule has 0 aromatic carbocycles. The zero-order chi connectivity index (χ0) is 13.8. The molecule has 6 nitrogen and oxygen atoms in total. The number of hydrogen-bond donors (Lipinski definition) is 0. The number of nitrogens with zero attached hydrogens (tertiary/aromatic N) is 4. The number of anilines is 1. The third-order valence-corrected chi connectivity index (χ3v) is 3.17. The van der Waals surface area contributed by atoms with Gasteiger partial charge in [0.25, 0.3) is 0 Å². The molecule has 0 bridgehead atoms. The Bertz CT molecular complexity index is 546. The van der Waals surface area contributed by atoms with Crippen LogP contribution in [0.2, 0.25) is 0 Å². The van der Waals surface area contributed by atoms with Gasteiger partial charge in [-0.05, 0) is 19.1 Å². The van der Waals surface area contributed by atoms with Crippen molar-refractivity contribution >= 4 is 21.7 Å². The second-order valence-corrected chi connectivity index (χ2v) is 5.03. The molecule has 0 aliphatic heterocycles. The predicted octanol–water partition coefficient (Wildman–Crippen LogP) is 2.57. The van der Waals surface area contributed by atoms with E-state index < -0.39 is 0 Å². The molecular formula is C12H15BrN4O2. The number of hydrogen-bond acceptors (Lipinski definition) is 6. The SMILES string of the molecule is COC(C)c1noc(CN(C)c2cc(Br)ccn2)n1. The second kappa shape index (κ2) is 6.12. The number of ether oxygens (including phenoxy) is 1. The van der Waals surface area contributed by atoms with E-state index in [4.69, 9.17) is 9.26 Å². The normalized spacial score (nSPS) is 12.4. The van der Waals surface area contributed by atoms with Crippen molar-refractivity contribution in [1.29, 1.82) is 0 Å². The van der Waals surface area contributed by atoms with Gasteiger partial charge in [0.05, 0.1) is 6.54 Å². The van der Waals surface area contributed by atoms with E-state index in [0.717, 1.165) is 10.3 Å². The summed E-state index contributed by atoms with van der Waals surface area (Å²) in [7, 11) is 3.52. The summed E-state index contributed by atoms with van der Waals surface area (Å²) in [5.41, 5.74) is 0. The highest BCUT2D eigenvalue weighted by Crippen LogP contribution is 2.18. The summed E-state index contributed by atoms with van der Waals surface area (Å²) in [6.45, 7) is 2.36. The molecular weight excluding hydrogens is 312 g/mol. The van der Waals surface area contributed by atoms with Gasteiger partial charge in [-0.25, -0.2) is 4.98 Å². The standard InChI is InChI=1S/C12H15BrN4O2/c1-8(18-3)12-15-11(19-16-12)7-17(2)10-6-9(13)4-5-14-10/h4-6,8H,7H2,1-3H3. The molecule has 0 fully saturated rings. The van der Waals surface area contributed by atoms with Crippen LogP contribution in [0.4, 0.5) is 5.82 Å². The summed E-state index contributed by atoms with van der Waals surface area (Å²) in [4.78, 5) is 10.5. The maximum atomic E-state index is 5.19. The minimum absolute atomic E-state index is 0.174. The van der Waals surface area contributed by atoms with Crippen molar-refractivity contribution in [3.8, 4) is 0 Å². The summed E-state index contributed by atoms with van der Waals surface area (Å²) in [5.74, 6) is 1.91. The summed E-state index contributed by atoms with van der Waals surface area (Å²) >= 11 is 3.41. The first-order valence-electron chi connectivity index (χ1n) is 5.78. The van der Waals surface area contributed by atoms with Gasteiger partial charge in [-0.15, -0.1) is 0 Å². The Labute approximate surface area is 119 Å². The van der Waals surface area contributed by atoms with Gasteiger partial charge in [-0.2, -0.15) is 4.98 Å². The number of halogens is 1. The molecule has 0 saturated heterocycles. The van der Waals surface area contributed by atoms with Crippen molar-refractivity contribution in [2.45, 2.75) is 19.6 Å². The lowest BCUT2D eigenvalue weighted by atomic mass is 10.4. The Morgan fingerprint density at radius 1 is 1.53 bits per heavy atom. The van der Waals surface area contributed by atoms with Gasteiger partial charge in [0.2, 0.25) is 5.89 Å². The van der Waals surface area contributed by atoms with Crippen LogP contribution in [0.1, 0.15) is 24.7 Å². The lowest BCUT2D eigenvalue weighted by molar-refractivity contribution is 0.109. The lowest BCUT2D eigenvalue weighted by Crippen LogP contribution is -2.17. The molecule has 1 atom stereocenters. The van der Waals surface area contributed by atoms with Gasteiger partial charge in [0.15, 0.2) is 5.82 Å². The average molecular weight is 327 g/mol. The maximum absolute atomic E-state index is 5.19. The third kappa shape index (κ3) is 3.51. The molecule has 0 aliphatic carbocycles. The molecule has 2 rings (SSSR count). The van der Waals surface area contributed by atoms with Crippen molar-refractivity contribution in [3.63, 3.8) is 0 Å². The fraction of sp³-hybridized carbons (Fsp3) is 0.417. The van der Waals surface area contributed by atoms with Gasteiger partial charge in [0, 0.05) is 24.8 Å².